The molecule has 5 heteroatoms. The van der Waals surface area contributed by atoms with E-state index in [0.717, 1.165) is 19.4 Å². The van der Waals surface area contributed by atoms with E-state index in [2.05, 4.69) is 33.9 Å². The van der Waals surface area contributed by atoms with Crippen molar-refractivity contribution in [1.82, 2.24) is 4.90 Å². The van der Waals surface area contributed by atoms with Gasteiger partial charge in [0.1, 0.15) is 5.60 Å². The van der Waals surface area contributed by atoms with Crippen LogP contribution in [-0.2, 0) is 9.16 Å². The minimum absolute atomic E-state index is 0.161. The van der Waals surface area contributed by atoms with Crippen molar-refractivity contribution in [3.05, 3.63) is 0 Å². The van der Waals surface area contributed by atoms with Crippen LogP contribution in [0.4, 0.5) is 4.79 Å². The largest absolute Gasteiger partial charge is 0.444 e. The molecule has 0 aliphatic carbocycles. The zero-order valence-corrected chi connectivity index (χ0v) is 16.1. The quantitative estimate of drug-likeness (QED) is 0.724. The number of carbonyl (C=O) groups excluding carboxylic acids is 1. The van der Waals surface area contributed by atoms with E-state index in [4.69, 9.17) is 9.16 Å². The van der Waals surface area contributed by atoms with Crippen LogP contribution >= 0.6 is 0 Å². The van der Waals surface area contributed by atoms with Crippen molar-refractivity contribution < 1.29 is 14.0 Å². The molecule has 1 rings (SSSR count). The lowest BCUT2D eigenvalue weighted by atomic mass is 10.2. The third-order valence-corrected chi connectivity index (χ3v) is 8.95. The Morgan fingerprint density at radius 2 is 1.76 bits per heavy atom. The summed E-state index contributed by atoms with van der Waals surface area (Å²) in [6, 6.07) is 0.161. The van der Waals surface area contributed by atoms with Crippen molar-refractivity contribution in [2.24, 2.45) is 0 Å². The molecule has 1 saturated heterocycles. The highest BCUT2D eigenvalue weighted by atomic mass is 28.4. The maximum absolute atomic E-state index is 12.3. The second-order valence-corrected chi connectivity index (χ2v) is 13.4. The molecule has 0 bridgehead atoms. The van der Waals surface area contributed by atoms with Crippen LogP contribution in [0.2, 0.25) is 18.1 Å². The summed E-state index contributed by atoms with van der Waals surface area (Å²) in [7, 11) is -1.76. The molecule has 1 fully saturated rings. The number of carbonyl (C=O) groups is 1. The van der Waals surface area contributed by atoms with Gasteiger partial charge in [0.2, 0.25) is 0 Å². The number of nitrogens with zero attached hydrogens (tertiary/aromatic N) is 1. The van der Waals surface area contributed by atoms with Crippen LogP contribution in [0.5, 0.6) is 0 Å². The van der Waals surface area contributed by atoms with Crippen molar-refractivity contribution in [3.8, 4) is 0 Å². The molecule has 0 aromatic carbocycles. The van der Waals surface area contributed by atoms with E-state index < -0.39 is 13.9 Å². The lowest BCUT2D eigenvalue weighted by Gasteiger charge is -2.38. The van der Waals surface area contributed by atoms with Crippen LogP contribution in [0.1, 0.15) is 54.4 Å². The Bertz CT molecular complexity index is 369. The lowest BCUT2D eigenvalue weighted by Crippen LogP contribution is -2.46. The van der Waals surface area contributed by atoms with E-state index in [1.807, 2.05) is 25.7 Å². The maximum Gasteiger partial charge on any atom is 0.410 e. The Balaban J connectivity index is 2.61. The van der Waals surface area contributed by atoms with Crippen LogP contribution in [0, 0.1) is 0 Å². The van der Waals surface area contributed by atoms with Gasteiger partial charge in [0.25, 0.3) is 0 Å². The minimum atomic E-state index is -1.76. The Labute approximate surface area is 131 Å². The van der Waals surface area contributed by atoms with Gasteiger partial charge in [-0.3, -0.25) is 0 Å². The molecule has 0 spiro atoms. The molecule has 21 heavy (non-hydrogen) atoms. The Morgan fingerprint density at radius 3 is 2.24 bits per heavy atom. The van der Waals surface area contributed by atoms with Crippen LogP contribution in [0.15, 0.2) is 0 Å². The number of hydrogen-bond acceptors (Lipinski definition) is 3. The number of hydrogen-bond donors (Lipinski definition) is 0. The highest BCUT2D eigenvalue weighted by molar-refractivity contribution is 6.74. The predicted octanol–water partition coefficient (Wildman–Crippen LogP) is 4.41. The summed E-state index contributed by atoms with van der Waals surface area (Å²) in [5.41, 5.74) is -0.440. The topological polar surface area (TPSA) is 38.8 Å². The standard InChI is InChI=1S/C16H33NO3Si/c1-15(2,3)20-14(18)17-11-9-10-13(17)12-19-21(7,8)16(4,5)6/h13H,9-12H2,1-8H3. The fourth-order valence-corrected chi connectivity index (χ4v) is 3.13. The van der Waals surface area contributed by atoms with E-state index >= 15 is 0 Å². The SMILES string of the molecule is CC(C)(C)OC(=O)N1CCCC1CO[Si](C)(C)C(C)(C)C. The van der Waals surface area contributed by atoms with Gasteiger partial charge in [-0.25, -0.2) is 4.79 Å². The zero-order valence-electron chi connectivity index (χ0n) is 15.1. The zero-order chi connectivity index (χ0) is 16.5. The molecule has 0 radical (unpaired) electrons. The first-order chi connectivity index (χ1) is 9.33. The average Bonchev–Trinajstić information content (AvgIpc) is 2.70. The summed E-state index contributed by atoms with van der Waals surface area (Å²) in [5, 5.41) is 0.197. The van der Waals surface area contributed by atoms with Crippen molar-refractivity contribution >= 4 is 14.4 Å². The summed E-state index contributed by atoms with van der Waals surface area (Å²) in [4.78, 5) is 14.1. The third kappa shape index (κ3) is 5.29. The molecule has 0 saturated carbocycles. The van der Waals surface area contributed by atoms with Crippen LogP contribution in [0.3, 0.4) is 0 Å². The number of amides is 1. The van der Waals surface area contributed by atoms with Crippen molar-refractivity contribution in [3.63, 3.8) is 0 Å². The molecule has 1 aliphatic heterocycles. The van der Waals surface area contributed by atoms with Gasteiger partial charge in [-0.05, 0) is 51.7 Å². The van der Waals surface area contributed by atoms with Gasteiger partial charge in [0.05, 0.1) is 12.6 Å². The molecule has 0 N–H and O–H groups in total. The van der Waals surface area contributed by atoms with Gasteiger partial charge >= 0.3 is 6.09 Å². The molecule has 1 unspecified atom stereocenters. The highest BCUT2D eigenvalue weighted by Crippen LogP contribution is 2.37. The molecule has 1 aliphatic rings. The Morgan fingerprint density at radius 1 is 1.19 bits per heavy atom. The van der Waals surface area contributed by atoms with Gasteiger partial charge in [-0.15, -0.1) is 0 Å². The monoisotopic (exact) mass is 315 g/mol. The predicted molar refractivity (Wildman–Crippen MR) is 89.1 cm³/mol. The molecule has 0 aromatic heterocycles. The number of likely N-dealkylation sites (tertiary alicyclic amines) is 1. The van der Waals surface area contributed by atoms with Gasteiger partial charge in [-0.2, -0.15) is 0 Å². The van der Waals surface area contributed by atoms with Crippen molar-refractivity contribution in [2.75, 3.05) is 13.2 Å². The number of ether oxygens (including phenoxy) is 1. The maximum atomic E-state index is 12.3. The Hall–Kier alpha value is -0.553. The summed E-state index contributed by atoms with van der Waals surface area (Å²) in [6.07, 6.45) is 1.84. The molecular weight excluding hydrogens is 282 g/mol. The summed E-state index contributed by atoms with van der Waals surface area (Å²) >= 11 is 0. The van der Waals surface area contributed by atoms with Gasteiger partial charge in [-0.1, -0.05) is 20.8 Å². The van der Waals surface area contributed by atoms with Crippen molar-refractivity contribution in [2.45, 2.75) is 84.2 Å². The fraction of sp³-hybridized carbons (Fsp3) is 0.938. The van der Waals surface area contributed by atoms with E-state index in [1.165, 1.54) is 0 Å². The number of rotatable bonds is 3. The normalized spacial score (nSPS) is 20.8. The van der Waals surface area contributed by atoms with E-state index in [0.29, 0.717) is 6.61 Å². The van der Waals surface area contributed by atoms with E-state index in [1.54, 1.807) is 0 Å². The minimum Gasteiger partial charge on any atom is -0.444 e. The first-order valence-corrected chi connectivity index (χ1v) is 10.9. The molecule has 124 valence electrons. The second kappa shape index (κ2) is 6.29. The van der Waals surface area contributed by atoms with Crippen LogP contribution in [0.25, 0.3) is 0 Å². The van der Waals surface area contributed by atoms with Gasteiger partial charge in [0.15, 0.2) is 8.32 Å². The summed E-state index contributed by atoms with van der Waals surface area (Å²) in [5.74, 6) is 0. The average molecular weight is 316 g/mol. The molecule has 1 amide bonds. The molecule has 1 atom stereocenters. The Kier molecular flexibility index (Phi) is 5.54. The molecule has 1 heterocycles. The first kappa shape index (κ1) is 18.5. The highest BCUT2D eigenvalue weighted by Gasteiger charge is 2.39. The third-order valence-electron chi connectivity index (χ3n) is 4.45. The second-order valence-electron chi connectivity index (χ2n) is 8.54. The van der Waals surface area contributed by atoms with E-state index in [9.17, 15) is 4.79 Å². The van der Waals surface area contributed by atoms with Gasteiger partial charge < -0.3 is 14.1 Å². The molecule has 4 nitrogen and oxygen atoms in total. The summed E-state index contributed by atoms with van der Waals surface area (Å²) < 4.78 is 11.8. The first-order valence-electron chi connectivity index (χ1n) is 7.97. The molecule has 0 aromatic rings. The smallest absolute Gasteiger partial charge is 0.410 e. The lowest BCUT2D eigenvalue weighted by molar-refractivity contribution is 0.0182. The van der Waals surface area contributed by atoms with Crippen molar-refractivity contribution in [1.29, 1.82) is 0 Å². The van der Waals surface area contributed by atoms with Gasteiger partial charge in [0, 0.05) is 6.54 Å². The molecular formula is C16H33NO3Si. The van der Waals surface area contributed by atoms with Crippen LogP contribution < -0.4 is 0 Å². The van der Waals surface area contributed by atoms with E-state index in [-0.39, 0.29) is 17.2 Å². The fourth-order valence-electron chi connectivity index (χ4n) is 2.09. The van der Waals surface area contributed by atoms with Crippen LogP contribution in [-0.4, -0.2) is 44.1 Å². The summed E-state index contributed by atoms with van der Waals surface area (Å²) in [6.45, 7) is 18.3.